The maximum absolute atomic E-state index is 13.2. The number of carbonyl (C=O) groups is 2. The van der Waals surface area contributed by atoms with Crippen molar-refractivity contribution in [2.24, 2.45) is 5.92 Å². The van der Waals surface area contributed by atoms with E-state index in [1.54, 1.807) is 13.1 Å². The van der Waals surface area contributed by atoms with Crippen molar-refractivity contribution in [2.75, 3.05) is 62.4 Å². The number of benzene rings is 1. The van der Waals surface area contributed by atoms with Gasteiger partial charge in [0, 0.05) is 58.8 Å². The highest BCUT2D eigenvalue weighted by atomic mass is 19.4. The molecule has 2 fully saturated rings. The highest BCUT2D eigenvalue weighted by molar-refractivity contribution is 5.78. The van der Waals surface area contributed by atoms with Crippen LogP contribution in [0.1, 0.15) is 36.8 Å². The molecule has 0 spiro atoms. The molecular weight excluding hydrogens is 598 g/mol. The van der Waals surface area contributed by atoms with Crippen molar-refractivity contribution in [1.82, 2.24) is 25.2 Å². The number of aliphatic carboxylic acids is 1. The summed E-state index contributed by atoms with van der Waals surface area (Å²) in [6.45, 7) is 3.45. The molecule has 1 aromatic heterocycles. The van der Waals surface area contributed by atoms with Crippen LogP contribution in [0.5, 0.6) is 0 Å². The number of hydrogen-bond donors (Lipinski definition) is 3. The fourth-order valence-corrected chi connectivity index (χ4v) is 4.94. The second-order valence-corrected chi connectivity index (χ2v) is 10.6. The Kier molecular flexibility index (Phi) is 11.6. The fraction of sp³-hybridized carbons (Fsp3) is 0.593. The monoisotopic (exact) mass is 634 g/mol. The van der Waals surface area contributed by atoms with Gasteiger partial charge in [0.1, 0.15) is 0 Å². The Balaban J connectivity index is 0.000000676. The molecular formula is C27H36F6N8O3. The van der Waals surface area contributed by atoms with E-state index in [9.17, 15) is 31.1 Å². The first-order valence-corrected chi connectivity index (χ1v) is 13.9. The minimum absolute atomic E-state index is 0.0723. The van der Waals surface area contributed by atoms with E-state index in [0.29, 0.717) is 30.7 Å². The lowest BCUT2D eigenvalue weighted by atomic mass is 9.85. The second-order valence-electron chi connectivity index (χ2n) is 10.6. The van der Waals surface area contributed by atoms with Gasteiger partial charge in [-0.3, -0.25) is 4.79 Å². The van der Waals surface area contributed by atoms with Gasteiger partial charge >= 0.3 is 18.3 Å². The summed E-state index contributed by atoms with van der Waals surface area (Å²) in [4.78, 5) is 42.0. The first-order chi connectivity index (χ1) is 20.6. The zero-order valence-electron chi connectivity index (χ0n) is 24.5. The first-order valence-electron chi connectivity index (χ1n) is 13.9. The summed E-state index contributed by atoms with van der Waals surface area (Å²) in [6, 6.07) is 5.50. The summed E-state index contributed by atoms with van der Waals surface area (Å²) in [6.07, 6.45) is -6.71. The summed E-state index contributed by atoms with van der Waals surface area (Å²) < 4.78 is 71.5. The Morgan fingerprint density at radius 3 is 2.11 bits per heavy atom. The Labute approximate surface area is 250 Å². The maximum Gasteiger partial charge on any atom is 0.490 e. The minimum Gasteiger partial charge on any atom is -0.475 e. The number of nitrogens with one attached hydrogen (secondary N) is 2. The first kappa shape index (κ1) is 34.6. The molecule has 1 aromatic carbocycles. The van der Waals surface area contributed by atoms with Gasteiger partial charge in [0.05, 0.1) is 5.56 Å². The van der Waals surface area contributed by atoms with E-state index in [1.807, 2.05) is 7.05 Å². The molecule has 1 aliphatic heterocycles. The van der Waals surface area contributed by atoms with Crippen LogP contribution in [0.15, 0.2) is 24.3 Å². The lowest BCUT2D eigenvalue weighted by Crippen LogP contribution is -2.45. The Morgan fingerprint density at radius 1 is 0.977 bits per heavy atom. The van der Waals surface area contributed by atoms with E-state index in [0.717, 1.165) is 45.1 Å². The van der Waals surface area contributed by atoms with Gasteiger partial charge in [0.15, 0.2) is 0 Å². The number of carboxylic acids is 1. The van der Waals surface area contributed by atoms with Gasteiger partial charge in [-0.1, -0.05) is 18.2 Å². The van der Waals surface area contributed by atoms with E-state index in [-0.39, 0.29) is 30.0 Å². The smallest absolute Gasteiger partial charge is 0.475 e. The van der Waals surface area contributed by atoms with Crippen LogP contribution in [0.3, 0.4) is 0 Å². The molecule has 1 aliphatic carbocycles. The van der Waals surface area contributed by atoms with Crippen LogP contribution < -0.4 is 20.4 Å². The largest absolute Gasteiger partial charge is 0.490 e. The summed E-state index contributed by atoms with van der Waals surface area (Å²) in [5.41, 5.74) is -0.641. The van der Waals surface area contributed by atoms with E-state index < -0.39 is 23.9 Å². The van der Waals surface area contributed by atoms with Crippen LogP contribution in [-0.2, 0) is 22.3 Å². The van der Waals surface area contributed by atoms with E-state index in [4.69, 9.17) is 14.9 Å². The molecule has 2 aliphatic rings. The van der Waals surface area contributed by atoms with Crippen LogP contribution in [0.25, 0.3) is 0 Å². The van der Waals surface area contributed by atoms with Crippen molar-refractivity contribution in [1.29, 1.82) is 0 Å². The van der Waals surface area contributed by atoms with Crippen molar-refractivity contribution in [2.45, 2.75) is 50.6 Å². The van der Waals surface area contributed by atoms with Crippen LogP contribution in [-0.4, -0.2) is 96.4 Å². The number of aromatic nitrogens is 3. The van der Waals surface area contributed by atoms with Crippen molar-refractivity contribution in [3.63, 3.8) is 0 Å². The molecule has 1 saturated heterocycles. The number of alkyl halides is 6. The highest BCUT2D eigenvalue weighted by Gasteiger charge is 2.38. The number of hydrogen-bond acceptors (Lipinski definition) is 9. The van der Waals surface area contributed by atoms with Crippen molar-refractivity contribution in [3.05, 3.63) is 35.4 Å². The number of halogens is 6. The molecule has 0 atom stereocenters. The number of anilines is 3. The second kappa shape index (κ2) is 14.7. The van der Waals surface area contributed by atoms with Gasteiger partial charge in [-0.25, -0.2) is 4.79 Å². The normalized spacial score (nSPS) is 19.4. The molecule has 0 bridgehead atoms. The van der Waals surface area contributed by atoms with Crippen LogP contribution in [0, 0.1) is 5.92 Å². The Morgan fingerprint density at radius 2 is 1.57 bits per heavy atom. The molecule has 17 heteroatoms. The van der Waals surface area contributed by atoms with Gasteiger partial charge in [-0.15, -0.1) is 0 Å². The molecule has 244 valence electrons. The number of piperazine rings is 1. The zero-order chi connectivity index (χ0) is 32.7. The maximum atomic E-state index is 13.2. The number of rotatable bonds is 7. The molecule has 44 heavy (non-hydrogen) atoms. The van der Waals surface area contributed by atoms with Crippen molar-refractivity contribution in [3.8, 4) is 0 Å². The standard InChI is InChI=1S/C25H35F3N8O.C2HF3O2/c1-29-22-31-23(33-24(32-22)36-14-12-34(2)13-15-36)35(3)19-10-8-17(9-11-19)21(37)30-16-18-6-4-5-7-20(18)25(26,27)28;3-2(4,5)1(6)7/h4-7,17,19H,8-16H2,1-3H3,(H,30,37)(H,29,31,32,33);(H,6,7). The third-order valence-electron chi connectivity index (χ3n) is 7.57. The third-order valence-corrected chi connectivity index (χ3v) is 7.57. The molecule has 0 unspecified atom stereocenters. The SMILES string of the molecule is CNc1nc(N2CCN(C)CC2)nc(N(C)C2CCC(C(=O)NCc3ccccc3C(F)(F)F)CC2)n1.O=C(O)C(F)(F)F. The zero-order valence-corrected chi connectivity index (χ0v) is 24.5. The van der Waals surface area contributed by atoms with Crippen molar-refractivity contribution < 1.29 is 41.0 Å². The molecule has 1 saturated carbocycles. The lowest BCUT2D eigenvalue weighted by Gasteiger charge is -2.35. The molecule has 1 amide bonds. The summed E-state index contributed by atoms with van der Waals surface area (Å²) in [7, 11) is 5.84. The Bertz CT molecular complexity index is 1260. The number of carbonyl (C=O) groups excluding carboxylic acids is 1. The molecule has 2 heterocycles. The topological polar surface area (TPSA) is 127 Å². The van der Waals surface area contributed by atoms with Crippen LogP contribution in [0.2, 0.25) is 0 Å². The average molecular weight is 635 g/mol. The van der Waals surface area contributed by atoms with Crippen molar-refractivity contribution >= 4 is 29.7 Å². The number of amides is 1. The Hall–Kier alpha value is -3.89. The molecule has 0 radical (unpaired) electrons. The van der Waals surface area contributed by atoms with E-state index >= 15 is 0 Å². The minimum atomic E-state index is -5.08. The summed E-state index contributed by atoms with van der Waals surface area (Å²) >= 11 is 0. The van der Waals surface area contributed by atoms with E-state index in [1.165, 1.54) is 12.1 Å². The summed E-state index contributed by atoms with van der Waals surface area (Å²) in [5, 5.41) is 12.9. The number of carboxylic acid groups (broad SMARTS) is 1. The predicted octanol–water partition coefficient (Wildman–Crippen LogP) is 3.63. The van der Waals surface area contributed by atoms with Gasteiger partial charge in [-0.2, -0.15) is 41.3 Å². The predicted molar refractivity (Wildman–Crippen MR) is 150 cm³/mol. The molecule has 3 N–H and O–H groups in total. The fourth-order valence-electron chi connectivity index (χ4n) is 4.94. The highest BCUT2D eigenvalue weighted by Crippen LogP contribution is 2.33. The average Bonchev–Trinajstić information content (AvgIpc) is 2.99. The van der Waals surface area contributed by atoms with Gasteiger partial charge in [-0.05, 0) is 44.4 Å². The number of nitrogens with zero attached hydrogens (tertiary/aromatic N) is 6. The lowest BCUT2D eigenvalue weighted by molar-refractivity contribution is -0.192. The molecule has 4 rings (SSSR count). The quantitative estimate of drug-likeness (QED) is 0.389. The van der Waals surface area contributed by atoms with Crippen LogP contribution in [0.4, 0.5) is 44.2 Å². The van der Waals surface area contributed by atoms with E-state index in [2.05, 4.69) is 42.3 Å². The number of likely N-dealkylation sites (N-methyl/N-ethyl adjacent to an activating group) is 1. The van der Waals surface area contributed by atoms with Crippen LogP contribution >= 0.6 is 0 Å². The van der Waals surface area contributed by atoms with Gasteiger partial charge < -0.3 is 30.4 Å². The molecule has 11 nitrogen and oxygen atoms in total. The molecule has 2 aromatic rings. The third kappa shape index (κ3) is 9.56. The van der Waals surface area contributed by atoms with Gasteiger partial charge in [0.25, 0.3) is 0 Å². The summed E-state index contributed by atoms with van der Waals surface area (Å²) in [5.74, 6) is -1.43. The van der Waals surface area contributed by atoms with Gasteiger partial charge in [0.2, 0.25) is 23.8 Å².